The monoisotopic (exact) mass is 476 g/mol. The lowest BCUT2D eigenvalue weighted by atomic mass is 9.77. The van der Waals surface area contributed by atoms with Crippen LogP contribution in [0.3, 0.4) is 0 Å². The van der Waals surface area contributed by atoms with Crippen molar-refractivity contribution in [1.29, 1.82) is 0 Å². The summed E-state index contributed by atoms with van der Waals surface area (Å²) in [7, 11) is 0. The number of benzene rings is 2. The van der Waals surface area contributed by atoms with Gasteiger partial charge in [0.1, 0.15) is 41.5 Å². The predicted molar refractivity (Wildman–Crippen MR) is 109 cm³/mol. The zero-order valence-corrected chi connectivity index (χ0v) is 17.7. The van der Waals surface area contributed by atoms with E-state index in [4.69, 9.17) is 4.74 Å². The van der Waals surface area contributed by atoms with Crippen molar-refractivity contribution in [1.82, 2.24) is 0 Å². The van der Waals surface area contributed by atoms with Crippen LogP contribution in [0.25, 0.3) is 0 Å². The van der Waals surface area contributed by atoms with Crippen LogP contribution in [0.15, 0.2) is 6.07 Å². The second-order valence-corrected chi connectivity index (χ2v) is 8.22. The maximum Gasteiger partial charge on any atom is 0.339 e. The number of phenolic OH excluding ortho intramolecular Hbond substituents is 3. The number of ketones is 2. The van der Waals surface area contributed by atoms with Crippen LogP contribution in [-0.4, -0.2) is 82.8 Å². The normalized spacial score (nSPS) is 26.2. The number of hydrogen-bond acceptors (Lipinski definition) is 11. The molecule has 1 saturated heterocycles. The Morgan fingerprint density at radius 3 is 2.03 bits per heavy atom. The summed E-state index contributed by atoms with van der Waals surface area (Å²) in [6.07, 6.45) is -8.07. The SMILES string of the molecule is Cc1c(C(=O)O)c(O)cc2c1C(=O)c1c(O)c([C@H]3O[C@@H](C)[C@@H](O)[C@@H](O)[C@@H]3O)c(O)c(O)c1C2=O. The van der Waals surface area contributed by atoms with Crippen molar-refractivity contribution in [2.45, 2.75) is 44.4 Å². The van der Waals surface area contributed by atoms with E-state index in [9.17, 15) is 55.2 Å². The molecule has 0 unspecified atom stereocenters. The number of carboxylic acids is 1. The Morgan fingerprint density at radius 1 is 0.853 bits per heavy atom. The third-order valence-corrected chi connectivity index (χ3v) is 6.29. The number of aromatic carboxylic acids is 1. The number of aromatic hydroxyl groups is 4. The standard InChI is InChI=1S/C22H20O12/c1-4-8-6(3-7(23)9(4)22(32)33)14(25)10-11(15(8)26)16(27)12(18(29)17(10)28)21-20(31)19(30)13(24)5(2)34-21/h3,5,13,19-21,23-24,27-31H,1-2H3,(H,32,33)/t5-,13+,19+,20-,21+/m0/s1. The first-order chi connectivity index (χ1) is 15.8. The molecule has 5 atom stereocenters. The Morgan fingerprint density at radius 2 is 1.44 bits per heavy atom. The van der Waals surface area contributed by atoms with Crippen LogP contribution in [0, 0.1) is 6.92 Å². The number of carboxylic acid groups (broad SMARTS) is 1. The molecule has 1 aliphatic heterocycles. The fraction of sp³-hybridized carbons (Fsp3) is 0.318. The number of hydrogen-bond donors (Lipinski definition) is 8. The Hall–Kier alpha value is -3.71. The van der Waals surface area contributed by atoms with Crippen molar-refractivity contribution in [3.63, 3.8) is 0 Å². The van der Waals surface area contributed by atoms with E-state index < -0.39 is 104 Å². The van der Waals surface area contributed by atoms with E-state index in [2.05, 4.69) is 0 Å². The summed E-state index contributed by atoms with van der Waals surface area (Å²) in [6.45, 7) is 2.50. The zero-order valence-electron chi connectivity index (χ0n) is 17.7. The smallest absolute Gasteiger partial charge is 0.339 e. The molecule has 0 radical (unpaired) electrons. The molecule has 1 fully saturated rings. The van der Waals surface area contributed by atoms with Gasteiger partial charge in [0.2, 0.25) is 0 Å². The summed E-state index contributed by atoms with van der Waals surface area (Å²) in [5.74, 6) is -7.90. The third-order valence-electron chi connectivity index (χ3n) is 6.29. The second-order valence-electron chi connectivity index (χ2n) is 8.22. The van der Waals surface area contributed by atoms with Gasteiger partial charge in [-0.05, 0) is 25.5 Å². The average molecular weight is 476 g/mol. The number of phenols is 4. The molecule has 4 rings (SSSR count). The van der Waals surface area contributed by atoms with Gasteiger partial charge in [-0.15, -0.1) is 0 Å². The number of fused-ring (bicyclic) bond motifs is 2. The summed E-state index contributed by atoms with van der Waals surface area (Å²) in [5, 5.41) is 82.0. The minimum absolute atomic E-state index is 0.277. The first-order valence-electron chi connectivity index (χ1n) is 10.0. The Kier molecular flexibility index (Phi) is 5.29. The zero-order chi connectivity index (χ0) is 25.4. The van der Waals surface area contributed by atoms with Crippen molar-refractivity contribution >= 4 is 17.5 Å². The minimum Gasteiger partial charge on any atom is -0.507 e. The molecular weight excluding hydrogens is 456 g/mol. The van der Waals surface area contributed by atoms with E-state index in [-0.39, 0.29) is 5.56 Å². The number of ether oxygens (including phenoxy) is 1. The molecule has 0 amide bonds. The first kappa shape index (κ1) is 23.4. The molecule has 34 heavy (non-hydrogen) atoms. The van der Waals surface area contributed by atoms with Crippen molar-refractivity contribution < 1.29 is 60.0 Å². The Balaban J connectivity index is 2.00. The van der Waals surface area contributed by atoms with E-state index in [1.54, 1.807) is 0 Å². The number of carbonyl (C=O) groups excluding carboxylic acids is 2. The summed E-state index contributed by atoms with van der Waals surface area (Å²) in [6, 6.07) is 0.740. The Bertz CT molecular complexity index is 1280. The average Bonchev–Trinajstić information content (AvgIpc) is 2.75. The van der Waals surface area contributed by atoms with Gasteiger partial charge in [-0.2, -0.15) is 0 Å². The molecule has 2 aromatic carbocycles. The summed E-state index contributed by atoms with van der Waals surface area (Å²) in [5.41, 5.74) is -4.16. The van der Waals surface area contributed by atoms with Gasteiger partial charge < -0.3 is 45.6 Å². The van der Waals surface area contributed by atoms with E-state index >= 15 is 0 Å². The molecule has 2 aliphatic rings. The molecule has 0 aromatic heterocycles. The van der Waals surface area contributed by atoms with E-state index in [1.165, 1.54) is 13.8 Å². The van der Waals surface area contributed by atoms with Crippen LogP contribution in [0.2, 0.25) is 0 Å². The maximum absolute atomic E-state index is 13.4. The highest BCUT2D eigenvalue weighted by molar-refractivity contribution is 6.31. The molecule has 8 N–H and O–H groups in total. The van der Waals surface area contributed by atoms with Gasteiger partial charge >= 0.3 is 5.97 Å². The number of aliphatic hydroxyl groups is 3. The molecule has 12 nitrogen and oxygen atoms in total. The first-order valence-corrected chi connectivity index (χ1v) is 10.0. The van der Waals surface area contributed by atoms with Crippen molar-refractivity contribution in [2.24, 2.45) is 0 Å². The van der Waals surface area contributed by atoms with Crippen LogP contribution < -0.4 is 0 Å². The summed E-state index contributed by atoms with van der Waals surface area (Å²) in [4.78, 5) is 38.0. The topological polar surface area (TPSA) is 222 Å². The van der Waals surface area contributed by atoms with Crippen LogP contribution in [-0.2, 0) is 4.74 Å². The third kappa shape index (κ3) is 2.97. The summed E-state index contributed by atoms with van der Waals surface area (Å²) >= 11 is 0. The predicted octanol–water partition coefficient (Wildman–Crippen LogP) is -0.166. The minimum atomic E-state index is -1.92. The lowest BCUT2D eigenvalue weighted by molar-refractivity contribution is -0.220. The van der Waals surface area contributed by atoms with Gasteiger partial charge in [0.15, 0.2) is 23.1 Å². The second kappa shape index (κ2) is 7.67. The van der Waals surface area contributed by atoms with E-state index in [0.29, 0.717) is 0 Å². The van der Waals surface area contributed by atoms with Gasteiger partial charge in [-0.25, -0.2) is 4.79 Å². The fourth-order valence-corrected chi connectivity index (χ4v) is 4.53. The fourth-order valence-electron chi connectivity index (χ4n) is 4.53. The molecule has 180 valence electrons. The summed E-state index contributed by atoms with van der Waals surface area (Å²) < 4.78 is 5.40. The van der Waals surface area contributed by atoms with Crippen molar-refractivity contribution in [3.05, 3.63) is 45.0 Å². The molecule has 1 heterocycles. The van der Waals surface area contributed by atoms with Crippen molar-refractivity contribution in [2.75, 3.05) is 0 Å². The molecule has 0 spiro atoms. The van der Waals surface area contributed by atoms with E-state index in [0.717, 1.165) is 6.07 Å². The molecule has 1 aliphatic carbocycles. The highest BCUT2D eigenvalue weighted by atomic mass is 16.5. The lowest BCUT2D eigenvalue weighted by Gasteiger charge is -2.40. The maximum atomic E-state index is 13.4. The van der Waals surface area contributed by atoms with Crippen molar-refractivity contribution in [3.8, 4) is 23.0 Å². The molecular formula is C22H20O12. The molecule has 0 saturated carbocycles. The van der Waals surface area contributed by atoms with Crippen LogP contribution in [0.4, 0.5) is 0 Å². The van der Waals surface area contributed by atoms with Gasteiger partial charge in [-0.1, -0.05) is 0 Å². The number of rotatable bonds is 2. The lowest BCUT2D eigenvalue weighted by Crippen LogP contribution is -2.53. The van der Waals surface area contributed by atoms with Crippen LogP contribution in [0.1, 0.15) is 66.4 Å². The molecule has 2 aromatic rings. The molecule has 0 bridgehead atoms. The van der Waals surface area contributed by atoms with Crippen LogP contribution in [0.5, 0.6) is 23.0 Å². The number of aliphatic hydroxyl groups excluding tert-OH is 3. The van der Waals surface area contributed by atoms with Gasteiger partial charge in [0.05, 0.1) is 22.8 Å². The quantitative estimate of drug-likeness (QED) is 0.178. The largest absolute Gasteiger partial charge is 0.507 e. The highest BCUT2D eigenvalue weighted by Gasteiger charge is 2.47. The van der Waals surface area contributed by atoms with Crippen LogP contribution >= 0.6 is 0 Å². The van der Waals surface area contributed by atoms with E-state index in [1.807, 2.05) is 0 Å². The van der Waals surface area contributed by atoms with Gasteiger partial charge in [-0.3, -0.25) is 9.59 Å². The number of carbonyl (C=O) groups is 3. The Labute approximate surface area is 190 Å². The highest BCUT2D eigenvalue weighted by Crippen LogP contribution is 2.52. The van der Waals surface area contributed by atoms with Gasteiger partial charge in [0, 0.05) is 11.1 Å². The van der Waals surface area contributed by atoms with Gasteiger partial charge in [0.25, 0.3) is 0 Å². The molecule has 12 heteroatoms.